The van der Waals surface area contributed by atoms with Gasteiger partial charge < -0.3 is 10.6 Å². The van der Waals surface area contributed by atoms with E-state index in [9.17, 15) is 8.42 Å². The molecule has 1 atom stereocenters. The maximum Gasteiger partial charge on any atom is 0.250 e. The fraction of sp³-hybridized carbons (Fsp3) is 0.312. The van der Waals surface area contributed by atoms with E-state index in [1.807, 2.05) is 37.3 Å². The lowest BCUT2D eigenvalue weighted by Crippen LogP contribution is -2.42. The van der Waals surface area contributed by atoms with Gasteiger partial charge in [-0.05, 0) is 24.6 Å². The zero-order valence-electron chi connectivity index (χ0n) is 14.0. The first-order chi connectivity index (χ1) is 11.9. The Labute approximate surface area is 157 Å². The van der Waals surface area contributed by atoms with E-state index in [0.717, 1.165) is 16.9 Å². The van der Waals surface area contributed by atoms with Gasteiger partial charge in [0.05, 0.1) is 10.4 Å². The van der Waals surface area contributed by atoms with E-state index in [2.05, 4.69) is 20.3 Å². The summed E-state index contributed by atoms with van der Waals surface area (Å²) in [6, 6.07) is 13.1. The van der Waals surface area contributed by atoms with E-state index < -0.39 is 10.0 Å². The molecule has 0 radical (unpaired) electrons. The summed E-state index contributed by atoms with van der Waals surface area (Å²) in [4.78, 5) is 4.15. The fourth-order valence-corrected chi connectivity index (χ4v) is 4.66. The van der Waals surface area contributed by atoms with E-state index in [1.54, 1.807) is 13.1 Å². The monoisotopic (exact) mass is 400 g/mol. The highest BCUT2D eigenvalue weighted by Crippen LogP contribution is 2.25. The summed E-state index contributed by atoms with van der Waals surface area (Å²) in [7, 11) is -1.85. The first-order valence-electron chi connectivity index (χ1n) is 7.69. The van der Waals surface area contributed by atoms with Crippen molar-refractivity contribution in [1.82, 2.24) is 15.4 Å². The van der Waals surface area contributed by atoms with E-state index >= 15 is 0 Å². The second-order valence-corrected chi connectivity index (χ2v) is 8.94. The van der Waals surface area contributed by atoms with Crippen LogP contribution in [0.15, 0.2) is 51.7 Å². The van der Waals surface area contributed by atoms with Gasteiger partial charge >= 0.3 is 0 Å². The van der Waals surface area contributed by atoms with Crippen molar-refractivity contribution in [3.05, 3.63) is 52.4 Å². The lowest BCUT2D eigenvalue weighted by Gasteiger charge is -2.18. The lowest BCUT2D eigenvalue weighted by atomic mass is 10.1. The maximum absolute atomic E-state index is 12.1. The van der Waals surface area contributed by atoms with E-state index in [1.165, 1.54) is 6.07 Å². The number of nitrogens with one attached hydrogen (secondary N) is 3. The van der Waals surface area contributed by atoms with Crippen molar-refractivity contribution in [3.8, 4) is 0 Å². The van der Waals surface area contributed by atoms with Crippen LogP contribution in [0.3, 0.4) is 0 Å². The first-order valence-corrected chi connectivity index (χ1v) is 10.4. The van der Waals surface area contributed by atoms with Crippen molar-refractivity contribution >= 4 is 38.9 Å². The van der Waals surface area contributed by atoms with Gasteiger partial charge in [-0.15, -0.1) is 11.3 Å². The Bertz CT molecular complexity index is 807. The molecule has 0 aliphatic carbocycles. The van der Waals surface area contributed by atoms with Crippen LogP contribution < -0.4 is 15.4 Å². The van der Waals surface area contributed by atoms with Crippen molar-refractivity contribution < 1.29 is 8.42 Å². The predicted molar refractivity (Wildman–Crippen MR) is 104 cm³/mol. The average Bonchev–Trinajstić information content (AvgIpc) is 3.05. The third-order valence-corrected chi connectivity index (χ3v) is 6.58. The van der Waals surface area contributed by atoms with Gasteiger partial charge in [-0.2, -0.15) is 0 Å². The van der Waals surface area contributed by atoms with Crippen LogP contribution in [0.4, 0.5) is 0 Å². The molecule has 0 spiro atoms. The molecular formula is C16H21ClN4O2S2. The van der Waals surface area contributed by atoms with Crippen molar-refractivity contribution in [3.63, 3.8) is 0 Å². The third-order valence-electron chi connectivity index (χ3n) is 3.40. The van der Waals surface area contributed by atoms with Crippen LogP contribution in [0.1, 0.15) is 18.5 Å². The molecule has 3 N–H and O–H groups in total. The molecule has 9 heteroatoms. The molecule has 0 saturated carbocycles. The molecule has 2 aromatic rings. The summed E-state index contributed by atoms with van der Waals surface area (Å²) in [5, 5.41) is 6.35. The lowest BCUT2D eigenvalue weighted by molar-refractivity contribution is 0.582. The van der Waals surface area contributed by atoms with E-state index in [0.29, 0.717) is 16.8 Å². The van der Waals surface area contributed by atoms with Crippen LogP contribution in [0.25, 0.3) is 0 Å². The van der Waals surface area contributed by atoms with Gasteiger partial charge in [0, 0.05) is 20.1 Å². The van der Waals surface area contributed by atoms with Gasteiger partial charge in [-0.3, -0.25) is 4.99 Å². The quantitative estimate of drug-likeness (QED) is 0.379. The number of hydrogen-bond acceptors (Lipinski definition) is 4. The van der Waals surface area contributed by atoms with Crippen LogP contribution in [0, 0.1) is 0 Å². The number of nitrogens with zero attached hydrogens (tertiary/aromatic N) is 1. The molecular weight excluding hydrogens is 380 g/mol. The van der Waals surface area contributed by atoms with Gasteiger partial charge in [-0.1, -0.05) is 41.9 Å². The molecule has 136 valence electrons. The third kappa shape index (κ3) is 6.00. The molecule has 1 unspecified atom stereocenters. The molecule has 0 fully saturated rings. The van der Waals surface area contributed by atoms with E-state index in [-0.39, 0.29) is 16.8 Å². The molecule has 1 aromatic carbocycles. The largest absolute Gasteiger partial charge is 0.355 e. The standard InChI is InChI=1S/C16H21ClN4O2S2/c1-12(13-6-4-3-5-7-13)21-16(18-2)19-10-11-20-25(22,23)15-9-8-14(17)24-15/h3-9,12,20H,10-11H2,1-2H3,(H2,18,19,21). The second-order valence-electron chi connectivity index (χ2n) is 5.23. The molecule has 0 aliphatic rings. The van der Waals surface area contributed by atoms with Gasteiger partial charge in [-0.25, -0.2) is 13.1 Å². The predicted octanol–water partition coefficient (Wildman–Crippen LogP) is 2.61. The van der Waals surface area contributed by atoms with Gasteiger partial charge in [0.1, 0.15) is 4.21 Å². The second kappa shape index (κ2) is 9.19. The Hall–Kier alpha value is -1.61. The Balaban J connectivity index is 1.80. The summed E-state index contributed by atoms with van der Waals surface area (Å²) < 4.78 is 27.4. The molecule has 0 amide bonds. The molecule has 25 heavy (non-hydrogen) atoms. The Morgan fingerprint density at radius 3 is 2.52 bits per heavy atom. The molecule has 0 bridgehead atoms. The zero-order chi connectivity index (χ0) is 18.3. The summed E-state index contributed by atoms with van der Waals surface area (Å²) in [5.41, 5.74) is 1.14. The SMILES string of the molecule is CN=C(NCCNS(=O)(=O)c1ccc(Cl)s1)NC(C)c1ccccc1. The van der Waals surface area contributed by atoms with Gasteiger partial charge in [0.2, 0.25) is 10.0 Å². The summed E-state index contributed by atoms with van der Waals surface area (Å²) in [6.07, 6.45) is 0. The number of hydrogen-bond donors (Lipinski definition) is 3. The number of thiophene rings is 1. The Kier molecular flexibility index (Phi) is 7.24. The van der Waals surface area contributed by atoms with Crippen molar-refractivity contribution in [2.24, 2.45) is 4.99 Å². The van der Waals surface area contributed by atoms with Crippen LogP contribution in [-0.4, -0.2) is 34.5 Å². The van der Waals surface area contributed by atoms with Crippen molar-refractivity contribution in [2.75, 3.05) is 20.1 Å². The van der Waals surface area contributed by atoms with E-state index in [4.69, 9.17) is 11.6 Å². The highest BCUT2D eigenvalue weighted by molar-refractivity contribution is 7.91. The summed E-state index contributed by atoms with van der Waals surface area (Å²) in [6.45, 7) is 2.67. The number of aliphatic imine (C=N–C) groups is 1. The fourth-order valence-electron chi connectivity index (χ4n) is 2.10. The zero-order valence-corrected chi connectivity index (χ0v) is 16.4. The van der Waals surface area contributed by atoms with Crippen molar-refractivity contribution in [1.29, 1.82) is 0 Å². The van der Waals surface area contributed by atoms with Gasteiger partial charge in [0.25, 0.3) is 0 Å². The molecule has 1 aromatic heterocycles. The van der Waals surface area contributed by atoms with Crippen molar-refractivity contribution in [2.45, 2.75) is 17.2 Å². The molecule has 6 nitrogen and oxygen atoms in total. The highest BCUT2D eigenvalue weighted by Gasteiger charge is 2.15. The smallest absolute Gasteiger partial charge is 0.250 e. The summed E-state index contributed by atoms with van der Waals surface area (Å²) in [5.74, 6) is 0.606. The number of guanidine groups is 1. The normalized spacial score (nSPS) is 13.5. The van der Waals surface area contributed by atoms with Crippen LogP contribution in [-0.2, 0) is 10.0 Å². The number of sulfonamides is 1. The Morgan fingerprint density at radius 2 is 1.92 bits per heavy atom. The van der Waals surface area contributed by atoms with Crippen LogP contribution >= 0.6 is 22.9 Å². The molecule has 1 heterocycles. The topological polar surface area (TPSA) is 82.6 Å². The van der Waals surface area contributed by atoms with Crippen LogP contribution in [0.2, 0.25) is 4.34 Å². The minimum Gasteiger partial charge on any atom is -0.355 e. The number of halogens is 1. The minimum absolute atomic E-state index is 0.0809. The molecule has 2 rings (SSSR count). The number of benzene rings is 1. The van der Waals surface area contributed by atoms with Gasteiger partial charge in [0.15, 0.2) is 5.96 Å². The highest BCUT2D eigenvalue weighted by atomic mass is 35.5. The average molecular weight is 401 g/mol. The Morgan fingerprint density at radius 1 is 1.20 bits per heavy atom. The molecule has 0 aliphatic heterocycles. The minimum atomic E-state index is -3.53. The maximum atomic E-state index is 12.1. The number of rotatable bonds is 7. The first kappa shape index (κ1) is 19.7. The van der Waals surface area contributed by atoms with Crippen LogP contribution in [0.5, 0.6) is 0 Å². The molecule has 0 saturated heterocycles. The summed E-state index contributed by atoms with van der Waals surface area (Å²) >= 11 is 6.81.